The van der Waals surface area contributed by atoms with Crippen LogP contribution < -0.4 is 5.32 Å². The van der Waals surface area contributed by atoms with Gasteiger partial charge < -0.3 is 5.32 Å². The number of hydrogen-bond donors (Lipinski definition) is 1. The van der Waals surface area contributed by atoms with E-state index in [-0.39, 0.29) is 16.9 Å². The highest BCUT2D eigenvalue weighted by atomic mass is 19.1. The van der Waals surface area contributed by atoms with Crippen molar-refractivity contribution in [3.63, 3.8) is 0 Å². The van der Waals surface area contributed by atoms with Crippen LogP contribution in [-0.4, -0.2) is 7.05 Å². The van der Waals surface area contributed by atoms with E-state index in [9.17, 15) is 8.78 Å². The third-order valence-electron chi connectivity index (χ3n) is 5.07. The number of halogens is 2. The van der Waals surface area contributed by atoms with Crippen molar-refractivity contribution in [2.75, 3.05) is 7.05 Å². The highest BCUT2D eigenvalue weighted by molar-refractivity contribution is 5.29. The largest absolute Gasteiger partial charge is 0.313 e. The number of nitrogens with one attached hydrogen (secondary N) is 1. The first kappa shape index (κ1) is 13.5. The van der Waals surface area contributed by atoms with Crippen LogP contribution in [-0.2, 0) is 0 Å². The van der Waals surface area contributed by atoms with E-state index in [0.717, 1.165) is 6.07 Å². The minimum atomic E-state index is -0.527. The first-order chi connectivity index (χ1) is 8.23. The third kappa shape index (κ3) is 1.76. The Labute approximate surface area is 108 Å². The lowest BCUT2D eigenvalue weighted by atomic mass is 9.96. The van der Waals surface area contributed by atoms with Gasteiger partial charge in [0.15, 0.2) is 0 Å². The van der Waals surface area contributed by atoms with E-state index in [4.69, 9.17) is 0 Å². The summed E-state index contributed by atoms with van der Waals surface area (Å²) in [6.07, 6.45) is 0. The SMILES string of the molecule is CNC(c1ccc(F)cc1F)C1C(C)(C)C1(C)C. The summed E-state index contributed by atoms with van der Waals surface area (Å²) in [6.45, 7) is 8.79. The lowest BCUT2D eigenvalue weighted by Crippen LogP contribution is -2.22. The molecule has 100 valence electrons. The molecule has 0 amide bonds. The molecule has 0 heterocycles. The summed E-state index contributed by atoms with van der Waals surface area (Å²) in [5.74, 6) is -0.650. The summed E-state index contributed by atoms with van der Waals surface area (Å²) in [5.41, 5.74) is 0.866. The predicted molar refractivity (Wildman–Crippen MR) is 69.2 cm³/mol. The number of rotatable bonds is 3. The Balaban J connectivity index is 2.37. The van der Waals surface area contributed by atoms with E-state index in [1.54, 1.807) is 6.07 Å². The lowest BCUT2D eigenvalue weighted by molar-refractivity contribution is 0.419. The molecule has 1 aliphatic carbocycles. The van der Waals surface area contributed by atoms with Gasteiger partial charge in [0.1, 0.15) is 11.6 Å². The Morgan fingerprint density at radius 2 is 1.67 bits per heavy atom. The second-order valence-corrected chi connectivity index (χ2v) is 6.35. The van der Waals surface area contributed by atoms with E-state index >= 15 is 0 Å². The maximum atomic E-state index is 13.9. The van der Waals surface area contributed by atoms with Gasteiger partial charge in [-0.05, 0) is 29.9 Å². The zero-order valence-electron chi connectivity index (χ0n) is 11.6. The maximum Gasteiger partial charge on any atom is 0.130 e. The molecule has 0 aliphatic heterocycles. The minimum absolute atomic E-state index is 0.0735. The molecule has 2 rings (SSSR count). The summed E-state index contributed by atoms with van der Waals surface area (Å²) in [4.78, 5) is 0. The molecular formula is C15H21F2N. The smallest absolute Gasteiger partial charge is 0.130 e. The highest BCUT2D eigenvalue weighted by Gasteiger charge is 2.67. The summed E-state index contributed by atoms with van der Waals surface area (Å²) < 4.78 is 26.9. The standard InChI is InChI=1S/C15H21F2N/c1-14(2)13(15(14,3)4)12(18-5)10-7-6-9(16)8-11(10)17/h6-8,12-13,18H,1-5H3. The summed E-state index contributed by atoms with van der Waals surface area (Å²) in [7, 11) is 1.83. The van der Waals surface area contributed by atoms with Gasteiger partial charge in [-0.3, -0.25) is 0 Å². The van der Waals surface area contributed by atoms with Crippen molar-refractivity contribution in [1.82, 2.24) is 5.32 Å². The Kier molecular flexibility index (Phi) is 3.01. The molecular weight excluding hydrogens is 232 g/mol. The Morgan fingerprint density at radius 3 is 2.06 bits per heavy atom. The van der Waals surface area contributed by atoms with Crippen LogP contribution in [0.15, 0.2) is 18.2 Å². The first-order valence-corrected chi connectivity index (χ1v) is 6.35. The van der Waals surface area contributed by atoms with E-state index in [0.29, 0.717) is 11.5 Å². The maximum absolute atomic E-state index is 13.9. The van der Waals surface area contributed by atoms with Gasteiger partial charge in [-0.15, -0.1) is 0 Å². The van der Waals surface area contributed by atoms with Crippen LogP contribution in [0.4, 0.5) is 8.78 Å². The topological polar surface area (TPSA) is 12.0 Å². The van der Waals surface area contributed by atoms with Gasteiger partial charge >= 0.3 is 0 Å². The Bertz CT molecular complexity index is 452. The molecule has 18 heavy (non-hydrogen) atoms. The van der Waals surface area contributed by atoms with Gasteiger partial charge in [-0.2, -0.15) is 0 Å². The molecule has 1 aromatic carbocycles. The number of benzene rings is 1. The molecule has 0 saturated heterocycles. The van der Waals surface area contributed by atoms with Gasteiger partial charge in [0.25, 0.3) is 0 Å². The molecule has 1 unspecified atom stereocenters. The van der Waals surface area contributed by atoms with Gasteiger partial charge in [0, 0.05) is 17.7 Å². The molecule has 3 heteroatoms. The van der Waals surface area contributed by atoms with Crippen molar-refractivity contribution in [2.24, 2.45) is 16.7 Å². The number of hydrogen-bond acceptors (Lipinski definition) is 1. The molecule has 1 atom stereocenters. The van der Waals surface area contributed by atoms with Crippen LogP contribution in [0.1, 0.15) is 39.3 Å². The predicted octanol–water partition coefficient (Wildman–Crippen LogP) is 3.91. The molecule has 0 bridgehead atoms. The molecule has 0 aromatic heterocycles. The molecule has 1 aliphatic rings. The third-order valence-corrected chi connectivity index (χ3v) is 5.07. The van der Waals surface area contributed by atoms with Crippen molar-refractivity contribution >= 4 is 0 Å². The highest BCUT2D eigenvalue weighted by Crippen LogP contribution is 2.72. The summed E-state index contributed by atoms with van der Waals surface area (Å²) in [6, 6.07) is 3.76. The Morgan fingerprint density at radius 1 is 1.11 bits per heavy atom. The van der Waals surface area contributed by atoms with Crippen LogP contribution in [0.3, 0.4) is 0 Å². The second-order valence-electron chi connectivity index (χ2n) is 6.35. The minimum Gasteiger partial charge on any atom is -0.313 e. The van der Waals surface area contributed by atoms with Crippen molar-refractivity contribution in [3.05, 3.63) is 35.4 Å². The van der Waals surface area contributed by atoms with Crippen LogP contribution >= 0.6 is 0 Å². The van der Waals surface area contributed by atoms with Crippen molar-refractivity contribution in [1.29, 1.82) is 0 Å². The molecule has 0 radical (unpaired) electrons. The fraction of sp³-hybridized carbons (Fsp3) is 0.600. The molecule has 1 saturated carbocycles. The summed E-state index contributed by atoms with van der Waals surface area (Å²) in [5, 5.41) is 3.19. The van der Waals surface area contributed by atoms with E-state index < -0.39 is 11.6 Å². The van der Waals surface area contributed by atoms with E-state index in [1.165, 1.54) is 6.07 Å². The van der Waals surface area contributed by atoms with Crippen molar-refractivity contribution < 1.29 is 8.78 Å². The summed E-state index contributed by atoms with van der Waals surface area (Å²) >= 11 is 0. The fourth-order valence-electron chi connectivity index (χ4n) is 3.34. The molecule has 1 aromatic rings. The second kappa shape index (κ2) is 4.02. The van der Waals surface area contributed by atoms with E-state index in [2.05, 4.69) is 33.0 Å². The fourth-order valence-corrected chi connectivity index (χ4v) is 3.34. The molecule has 1 fully saturated rings. The molecule has 1 N–H and O–H groups in total. The molecule has 0 spiro atoms. The van der Waals surface area contributed by atoms with Crippen LogP contribution in [0.5, 0.6) is 0 Å². The average molecular weight is 253 g/mol. The van der Waals surface area contributed by atoms with Gasteiger partial charge in [-0.1, -0.05) is 33.8 Å². The van der Waals surface area contributed by atoms with E-state index in [1.807, 2.05) is 7.05 Å². The average Bonchev–Trinajstić information content (AvgIpc) is 2.64. The zero-order valence-corrected chi connectivity index (χ0v) is 11.6. The quantitative estimate of drug-likeness (QED) is 0.861. The van der Waals surface area contributed by atoms with Gasteiger partial charge in [-0.25, -0.2) is 8.78 Å². The monoisotopic (exact) mass is 253 g/mol. The zero-order chi connectivity index (χ0) is 13.7. The van der Waals surface area contributed by atoms with Gasteiger partial charge in [0.2, 0.25) is 0 Å². The van der Waals surface area contributed by atoms with Crippen LogP contribution in [0.2, 0.25) is 0 Å². The lowest BCUT2D eigenvalue weighted by Gasteiger charge is -2.19. The Hall–Kier alpha value is -0.960. The normalized spacial score (nSPS) is 22.8. The van der Waals surface area contributed by atoms with Crippen LogP contribution in [0.25, 0.3) is 0 Å². The first-order valence-electron chi connectivity index (χ1n) is 6.35. The van der Waals surface area contributed by atoms with Crippen LogP contribution in [0, 0.1) is 28.4 Å². The van der Waals surface area contributed by atoms with Gasteiger partial charge in [0.05, 0.1) is 0 Å². The van der Waals surface area contributed by atoms with Crippen molar-refractivity contribution in [2.45, 2.75) is 33.7 Å². The molecule has 1 nitrogen and oxygen atoms in total. The van der Waals surface area contributed by atoms with Crippen molar-refractivity contribution in [3.8, 4) is 0 Å².